The Bertz CT molecular complexity index is 673. The van der Waals surface area contributed by atoms with Gasteiger partial charge in [-0.15, -0.1) is 11.3 Å². The molecule has 1 atom stereocenters. The minimum Gasteiger partial charge on any atom is -0.337 e. The lowest BCUT2D eigenvalue weighted by Gasteiger charge is -2.19. The van der Waals surface area contributed by atoms with E-state index in [-0.39, 0.29) is 17.5 Å². The Balaban J connectivity index is 1.94. The van der Waals surface area contributed by atoms with Gasteiger partial charge in [-0.3, -0.25) is 0 Å². The van der Waals surface area contributed by atoms with Crippen molar-refractivity contribution >= 4 is 17.4 Å². The number of aromatic nitrogens is 3. The summed E-state index contributed by atoms with van der Waals surface area (Å²) in [6, 6.07) is -0.565. The topological polar surface area (TPSA) is 84.2 Å². The highest BCUT2D eigenvalue weighted by Gasteiger charge is 2.24. The lowest BCUT2D eigenvalue weighted by molar-refractivity contribution is 0.200. The van der Waals surface area contributed by atoms with Gasteiger partial charge in [0.05, 0.1) is 17.2 Å². The fraction of sp³-hybridized carbons (Fsp3) is 0.600. The number of amides is 2. The van der Waals surface area contributed by atoms with Crippen LogP contribution in [0.4, 0.5) is 4.79 Å². The molecular formula is C15H23N5O2S. The van der Waals surface area contributed by atoms with Gasteiger partial charge in [-0.25, -0.2) is 9.78 Å². The van der Waals surface area contributed by atoms with Gasteiger partial charge in [0.2, 0.25) is 5.89 Å². The number of rotatable bonds is 4. The summed E-state index contributed by atoms with van der Waals surface area (Å²) in [7, 11) is 1.73. The quantitative estimate of drug-likeness (QED) is 0.927. The Morgan fingerprint density at radius 2 is 2.13 bits per heavy atom. The van der Waals surface area contributed by atoms with Crippen molar-refractivity contribution in [3.8, 4) is 0 Å². The molecule has 0 aromatic carbocycles. The molecule has 0 aliphatic heterocycles. The van der Waals surface area contributed by atoms with Crippen LogP contribution in [0.5, 0.6) is 0 Å². The maximum atomic E-state index is 12.2. The molecule has 0 radical (unpaired) electrons. The highest BCUT2D eigenvalue weighted by Crippen LogP contribution is 2.20. The van der Waals surface area contributed by atoms with E-state index in [0.717, 1.165) is 10.7 Å². The van der Waals surface area contributed by atoms with E-state index in [4.69, 9.17) is 4.52 Å². The van der Waals surface area contributed by atoms with Crippen LogP contribution in [0.25, 0.3) is 0 Å². The third kappa shape index (κ3) is 4.51. The van der Waals surface area contributed by atoms with Crippen molar-refractivity contribution in [2.45, 2.75) is 52.6 Å². The SMILES string of the molecule is Cc1nc(CN(C)C(=O)NC(C)c2nc(C(C)(C)C)no2)cs1. The Morgan fingerprint density at radius 3 is 2.65 bits per heavy atom. The highest BCUT2D eigenvalue weighted by atomic mass is 32.1. The van der Waals surface area contributed by atoms with Gasteiger partial charge in [0, 0.05) is 17.8 Å². The molecule has 23 heavy (non-hydrogen) atoms. The second-order valence-corrected chi connectivity index (χ2v) is 7.65. The van der Waals surface area contributed by atoms with Crippen LogP contribution in [0.15, 0.2) is 9.90 Å². The van der Waals surface area contributed by atoms with Gasteiger partial charge in [0.1, 0.15) is 6.04 Å². The lowest BCUT2D eigenvalue weighted by atomic mass is 9.96. The molecule has 0 bridgehead atoms. The summed E-state index contributed by atoms with van der Waals surface area (Å²) in [6.07, 6.45) is 0. The Kier molecular flexibility index (Phi) is 5.03. The number of thiazole rings is 1. The monoisotopic (exact) mass is 337 g/mol. The van der Waals surface area contributed by atoms with Crippen LogP contribution in [0.2, 0.25) is 0 Å². The van der Waals surface area contributed by atoms with Crippen molar-refractivity contribution in [2.75, 3.05) is 7.05 Å². The molecule has 2 aromatic rings. The summed E-state index contributed by atoms with van der Waals surface area (Å²) >= 11 is 1.57. The summed E-state index contributed by atoms with van der Waals surface area (Å²) in [6.45, 7) is 10.2. The number of carbonyl (C=O) groups excluding carboxylic acids is 1. The zero-order chi connectivity index (χ0) is 17.2. The first kappa shape index (κ1) is 17.4. The van der Waals surface area contributed by atoms with Gasteiger partial charge in [-0.05, 0) is 13.8 Å². The molecule has 2 amide bonds. The van der Waals surface area contributed by atoms with Crippen LogP contribution >= 0.6 is 11.3 Å². The number of carbonyl (C=O) groups is 1. The van der Waals surface area contributed by atoms with E-state index in [9.17, 15) is 4.79 Å². The zero-order valence-corrected chi connectivity index (χ0v) is 15.2. The van der Waals surface area contributed by atoms with Crippen LogP contribution < -0.4 is 5.32 Å². The Hall–Kier alpha value is -1.96. The zero-order valence-electron chi connectivity index (χ0n) is 14.4. The molecule has 0 aliphatic rings. The summed E-state index contributed by atoms with van der Waals surface area (Å²) in [5, 5.41) is 9.77. The number of hydrogen-bond acceptors (Lipinski definition) is 6. The molecule has 1 N–H and O–H groups in total. The Morgan fingerprint density at radius 1 is 1.43 bits per heavy atom. The molecule has 0 spiro atoms. The molecule has 0 aliphatic carbocycles. The molecule has 7 nitrogen and oxygen atoms in total. The summed E-state index contributed by atoms with van der Waals surface area (Å²) in [5.41, 5.74) is 0.690. The third-order valence-electron chi connectivity index (χ3n) is 3.24. The van der Waals surface area contributed by atoms with E-state index < -0.39 is 0 Å². The first-order valence-electron chi connectivity index (χ1n) is 7.43. The number of nitrogens with zero attached hydrogens (tertiary/aromatic N) is 4. The van der Waals surface area contributed by atoms with Crippen LogP contribution in [0.1, 0.15) is 56.2 Å². The summed E-state index contributed by atoms with van der Waals surface area (Å²) in [5.74, 6) is 1.03. The number of hydrogen-bond donors (Lipinski definition) is 1. The van der Waals surface area contributed by atoms with Gasteiger partial charge >= 0.3 is 6.03 Å². The number of urea groups is 1. The molecule has 126 valence electrons. The first-order chi connectivity index (χ1) is 10.7. The normalized spacial score (nSPS) is 13.0. The second kappa shape index (κ2) is 6.66. The minimum absolute atomic E-state index is 0.190. The number of nitrogens with one attached hydrogen (secondary N) is 1. The average molecular weight is 337 g/mol. The van der Waals surface area contributed by atoms with Crippen molar-refractivity contribution < 1.29 is 9.32 Å². The van der Waals surface area contributed by atoms with Crippen molar-refractivity contribution in [2.24, 2.45) is 0 Å². The Labute approximate surface area is 140 Å². The standard InChI is InChI=1S/C15H23N5O2S/c1-9(12-18-13(19-22-12)15(3,4)5)16-14(21)20(6)7-11-8-23-10(2)17-11/h8-9H,7H2,1-6H3,(H,16,21). The summed E-state index contributed by atoms with van der Waals surface area (Å²) in [4.78, 5) is 22.5. The molecule has 2 aromatic heterocycles. The molecular weight excluding hydrogens is 314 g/mol. The molecule has 2 rings (SSSR count). The fourth-order valence-electron chi connectivity index (χ4n) is 1.87. The molecule has 2 heterocycles. The van der Waals surface area contributed by atoms with Gasteiger partial charge in [0.25, 0.3) is 0 Å². The smallest absolute Gasteiger partial charge is 0.318 e. The maximum absolute atomic E-state index is 12.2. The fourth-order valence-corrected chi connectivity index (χ4v) is 2.47. The van der Waals surface area contributed by atoms with Crippen LogP contribution in [-0.2, 0) is 12.0 Å². The van der Waals surface area contributed by atoms with Crippen LogP contribution in [0, 0.1) is 6.92 Å². The van der Waals surface area contributed by atoms with Gasteiger partial charge in [-0.1, -0.05) is 25.9 Å². The molecule has 0 saturated carbocycles. The highest BCUT2D eigenvalue weighted by molar-refractivity contribution is 7.09. The van der Waals surface area contributed by atoms with E-state index >= 15 is 0 Å². The van der Waals surface area contributed by atoms with Crippen LogP contribution in [0.3, 0.4) is 0 Å². The van der Waals surface area contributed by atoms with E-state index in [1.807, 2.05) is 40.0 Å². The third-order valence-corrected chi connectivity index (χ3v) is 4.06. The van der Waals surface area contributed by atoms with E-state index in [2.05, 4.69) is 20.4 Å². The van der Waals surface area contributed by atoms with Crippen LogP contribution in [-0.4, -0.2) is 33.1 Å². The predicted molar refractivity (Wildman–Crippen MR) is 88.3 cm³/mol. The average Bonchev–Trinajstić information content (AvgIpc) is 3.07. The van der Waals surface area contributed by atoms with Gasteiger partial charge in [-0.2, -0.15) is 4.98 Å². The molecule has 1 unspecified atom stereocenters. The van der Waals surface area contributed by atoms with Crippen molar-refractivity contribution in [1.82, 2.24) is 25.3 Å². The summed E-state index contributed by atoms with van der Waals surface area (Å²) < 4.78 is 5.25. The number of aryl methyl sites for hydroxylation is 1. The van der Waals surface area contributed by atoms with Crippen molar-refractivity contribution in [1.29, 1.82) is 0 Å². The minimum atomic E-state index is -0.356. The van der Waals surface area contributed by atoms with E-state index in [1.54, 1.807) is 23.3 Å². The maximum Gasteiger partial charge on any atom is 0.318 e. The van der Waals surface area contributed by atoms with Crippen molar-refractivity contribution in [3.63, 3.8) is 0 Å². The molecule has 8 heteroatoms. The van der Waals surface area contributed by atoms with Gasteiger partial charge in [0.15, 0.2) is 5.82 Å². The molecule has 0 fully saturated rings. The van der Waals surface area contributed by atoms with E-state index in [0.29, 0.717) is 18.3 Å². The van der Waals surface area contributed by atoms with Crippen molar-refractivity contribution in [3.05, 3.63) is 27.8 Å². The van der Waals surface area contributed by atoms with E-state index in [1.165, 1.54) is 0 Å². The second-order valence-electron chi connectivity index (χ2n) is 6.59. The largest absolute Gasteiger partial charge is 0.337 e. The van der Waals surface area contributed by atoms with Gasteiger partial charge < -0.3 is 14.7 Å². The lowest BCUT2D eigenvalue weighted by Crippen LogP contribution is -2.38. The predicted octanol–water partition coefficient (Wildman–Crippen LogP) is 3.03. The molecule has 0 saturated heterocycles. The first-order valence-corrected chi connectivity index (χ1v) is 8.31.